The van der Waals surface area contributed by atoms with Crippen LogP contribution in [0, 0.1) is 0 Å². The van der Waals surface area contributed by atoms with Crippen molar-refractivity contribution in [1.29, 1.82) is 0 Å². The number of aliphatic hydroxyl groups is 3. The van der Waals surface area contributed by atoms with Gasteiger partial charge in [-0.05, 0) is 48.0 Å². The Kier molecular flexibility index (Phi) is 6.98. The average molecular weight is 434 g/mol. The van der Waals surface area contributed by atoms with E-state index in [2.05, 4.69) is 0 Å². The predicted octanol–water partition coefficient (Wildman–Crippen LogP) is 0.246. The summed E-state index contributed by atoms with van der Waals surface area (Å²) < 4.78 is 15.9. The SMILES string of the molecule is O=C(/C=C/c1ccc(O)c(O)c1)OC[C@H]1O[C@@H](Oc2ccc(O)cc2)[C@H](O)[C@H](O)[C@@H]1O. The number of hydrogen-bond acceptors (Lipinski definition) is 10. The molecule has 0 amide bonds. The molecule has 1 aliphatic heterocycles. The van der Waals surface area contributed by atoms with Gasteiger partial charge < -0.3 is 44.8 Å². The molecular formula is C21H22O10. The molecule has 5 atom stereocenters. The fraction of sp³-hybridized carbons (Fsp3) is 0.286. The summed E-state index contributed by atoms with van der Waals surface area (Å²) in [6.45, 7) is -0.440. The van der Waals surface area contributed by atoms with E-state index in [1.54, 1.807) is 0 Å². The standard InChI is InChI=1S/C21H22O10/c22-12-3-5-13(6-4-12)30-21-20(28)19(27)18(26)16(31-21)10-29-17(25)8-2-11-1-7-14(23)15(24)9-11/h1-9,16,18-24,26-28H,10H2/b8-2+/t16-,18-,19-,20-,21-/m1/s1. The van der Waals surface area contributed by atoms with Crippen molar-refractivity contribution in [1.82, 2.24) is 0 Å². The van der Waals surface area contributed by atoms with Crippen LogP contribution in [0.4, 0.5) is 0 Å². The monoisotopic (exact) mass is 434 g/mol. The van der Waals surface area contributed by atoms with Crippen LogP contribution in [0.1, 0.15) is 5.56 Å². The van der Waals surface area contributed by atoms with E-state index < -0.39 is 43.3 Å². The molecule has 1 saturated heterocycles. The second kappa shape index (κ2) is 9.67. The van der Waals surface area contributed by atoms with Gasteiger partial charge in [-0.2, -0.15) is 0 Å². The Morgan fingerprint density at radius 3 is 2.32 bits per heavy atom. The first-order valence-corrected chi connectivity index (χ1v) is 9.27. The largest absolute Gasteiger partial charge is 0.508 e. The minimum Gasteiger partial charge on any atom is -0.508 e. The second-order valence-corrected chi connectivity index (χ2v) is 6.84. The third-order valence-corrected chi connectivity index (χ3v) is 4.56. The van der Waals surface area contributed by atoms with Gasteiger partial charge in [-0.25, -0.2) is 4.79 Å². The molecule has 0 spiro atoms. The molecule has 0 bridgehead atoms. The molecule has 0 radical (unpaired) electrons. The number of aliphatic hydroxyl groups excluding tert-OH is 3. The Balaban J connectivity index is 1.58. The lowest BCUT2D eigenvalue weighted by Crippen LogP contribution is -2.60. The van der Waals surface area contributed by atoms with Crippen LogP contribution in [-0.4, -0.2) is 73.9 Å². The van der Waals surface area contributed by atoms with E-state index in [-0.39, 0.29) is 23.0 Å². The van der Waals surface area contributed by atoms with Crippen molar-refractivity contribution in [3.8, 4) is 23.0 Å². The molecule has 10 nitrogen and oxygen atoms in total. The average Bonchev–Trinajstić information content (AvgIpc) is 2.75. The maximum absolute atomic E-state index is 11.9. The molecule has 0 unspecified atom stereocenters. The molecule has 6 N–H and O–H groups in total. The summed E-state index contributed by atoms with van der Waals surface area (Å²) in [5.41, 5.74) is 0.433. The van der Waals surface area contributed by atoms with Crippen molar-refractivity contribution >= 4 is 12.0 Å². The van der Waals surface area contributed by atoms with Gasteiger partial charge in [-0.1, -0.05) is 6.07 Å². The summed E-state index contributed by atoms with van der Waals surface area (Å²) in [5.74, 6) is -1.19. The Morgan fingerprint density at radius 2 is 1.65 bits per heavy atom. The van der Waals surface area contributed by atoms with E-state index in [0.29, 0.717) is 5.56 Å². The Morgan fingerprint density at radius 1 is 0.935 bits per heavy atom. The minimum absolute atomic E-state index is 0.00766. The van der Waals surface area contributed by atoms with Crippen LogP contribution in [0.15, 0.2) is 48.5 Å². The van der Waals surface area contributed by atoms with E-state index >= 15 is 0 Å². The molecule has 31 heavy (non-hydrogen) atoms. The highest BCUT2D eigenvalue weighted by atomic mass is 16.7. The highest BCUT2D eigenvalue weighted by molar-refractivity contribution is 5.87. The van der Waals surface area contributed by atoms with Crippen LogP contribution >= 0.6 is 0 Å². The number of carbonyl (C=O) groups is 1. The van der Waals surface area contributed by atoms with Crippen LogP contribution in [-0.2, 0) is 14.3 Å². The predicted molar refractivity (Wildman–Crippen MR) is 105 cm³/mol. The maximum atomic E-state index is 11.9. The lowest BCUT2D eigenvalue weighted by molar-refractivity contribution is -0.278. The molecule has 166 valence electrons. The van der Waals surface area contributed by atoms with Gasteiger partial charge in [0.15, 0.2) is 11.5 Å². The summed E-state index contributed by atoms with van der Waals surface area (Å²) in [5, 5.41) is 58.3. The number of aromatic hydroxyl groups is 3. The van der Waals surface area contributed by atoms with Crippen molar-refractivity contribution in [3.05, 3.63) is 54.1 Å². The molecule has 10 heteroatoms. The number of benzene rings is 2. The number of hydrogen-bond donors (Lipinski definition) is 6. The van der Waals surface area contributed by atoms with Gasteiger partial charge in [0.1, 0.15) is 42.5 Å². The molecule has 1 heterocycles. The van der Waals surface area contributed by atoms with E-state index in [0.717, 1.165) is 6.08 Å². The van der Waals surface area contributed by atoms with Gasteiger partial charge in [-0.3, -0.25) is 0 Å². The number of esters is 1. The van der Waals surface area contributed by atoms with Crippen molar-refractivity contribution in [2.45, 2.75) is 30.7 Å². The lowest BCUT2D eigenvalue weighted by atomic mass is 9.99. The summed E-state index contributed by atoms with van der Waals surface area (Å²) in [4.78, 5) is 11.9. The number of carbonyl (C=O) groups excluding carboxylic acids is 1. The Bertz CT molecular complexity index is 926. The van der Waals surface area contributed by atoms with Crippen LogP contribution in [0.25, 0.3) is 6.08 Å². The van der Waals surface area contributed by atoms with E-state index in [9.17, 15) is 35.4 Å². The molecule has 0 aromatic heterocycles. The van der Waals surface area contributed by atoms with Gasteiger partial charge in [0, 0.05) is 6.08 Å². The smallest absolute Gasteiger partial charge is 0.330 e. The van der Waals surface area contributed by atoms with E-state index in [1.165, 1.54) is 48.5 Å². The number of phenolic OH excluding ortho intramolecular Hbond substituents is 3. The van der Waals surface area contributed by atoms with Crippen molar-refractivity contribution in [2.24, 2.45) is 0 Å². The second-order valence-electron chi connectivity index (χ2n) is 6.84. The fourth-order valence-electron chi connectivity index (χ4n) is 2.83. The Labute approximate surface area is 176 Å². The van der Waals surface area contributed by atoms with Crippen LogP contribution in [0.2, 0.25) is 0 Å². The van der Waals surface area contributed by atoms with Crippen LogP contribution in [0.5, 0.6) is 23.0 Å². The highest BCUT2D eigenvalue weighted by Gasteiger charge is 2.45. The third kappa shape index (κ3) is 5.64. The number of phenols is 3. The Hall–Kier alpha value is -3.31. The zero-order valence-electron chi connectivity index (χ0n) is 16.1. The van der Waals surface area contributed by atoms with Crippen molar-refractivity contribution in [3.63, 3.8) is 0 Å². The summed E-state index contributed by atoms with van der Waals surface area (Å²) >= 11 is 0. The highest BCUT2D eigenvalue weighted by Crippen LogP contribution is 2.26. The van der Waals surface area contributed by atoms with Crippen molar-refractivity contribution < 1.29 is 49.6 Å². The van der Waals surface area contributed by atoms with Gasteiger partial charge in [-0.15, -0.1) is 0 Å². The molecule has 1 fully saturated rings. The van der Waals surface area contributed by atoms with Gasteiger partial charge >= 0.3 is 5.97 Å². The topological polar surface area (TPSA) is 166 Å². The van der Waals surface area contributed by atoms with Gasteiger partial charge in [0.05, 0.1) is 0 Å². The molecule has 0 aliphatic carbocycles. The molecule has 2 aromatic carbocycles. The first-order valence-electron chi connectivity index (χ1n) is 9.27. The zero-order chi connectivity index (χ0) is 22.5. The first-order chi connectivity index (χ1) is 14.7. The van der Waals surface area contributed by atoms with E-state index in [4.69, 9.17) is 14.2 Å². The summed E-state index contributed by atoms with van der Waals surface area (Å²) in [6, 6.07) is 9.53. The summed E-state index contributed by atoms with van der Waals surface area (Å²) in [7, 11) is 0. The lowest BCUT2D eigenvalue weighted by Gasteiger charge is -2.39. The normalized spacial score (nSPS) is 26.0. The molecule has 2 aromatic rings. The van der Waals surface area contributed by atoms with Crippen LogP contribution in [0.3, 0.4) is 0 Å². The molecular weight excluding hydrogens is 412 g/mol. The van der Waals surface area contributed by atoms with Crippen LogP contribution < -0.4 is 4.74 Å². The van der Waals surface area contributed by atoms with Gasteiger partial charge in [0.2, 0.25) is 6.29 Å². The van der Waals surface area contributed by atoms with Gasteiger partial charge in [0.25, 0.3) is 0 Å². The minimum atomic E-state index is -1.62. The first kappa shape index (κ1) is 22.4. The molecule has 1 aliphatic rings. The zero-order valence-corrected chi connectivity index (χ0v) is 16.1. The fourth-order valence-corrected chi connectivity index (χ4v) is 2.83. The third-order valence-electron chi connectivity index (χ3n) is 4.56. The molecule has 3 rings (SSSR count). The molecule has 0 saturated carbocycles. The quantitative estimate of drug-likeness (QED) is 0.211. The summed E-state index contributed by atoms with van der Waals surface area (Å²) in [6.07, 6.45) is -4.86. The number of rotatable bonds is 6. The van der Waals surface area contributed by atoms with Crippen molar-refractivity contribution in [2.75, 3.05) is 6.61 Å². The maximum Gasteiger partial charge on any atom is 0.330 e. The number of ether oxygens (including phenoxy) is 3. The van der Waals surface area contributed by atoms with E-state index in [1.807, 2.05) is 0 Å².